The van der Waals surface area contributed by atoms with Crippen LogP contribution in [0.25, 0.3) is 6.08 Å². The number of thioether (sulfide) groups is 1. The van der Waals surface area contributed by atoms with Crippen LogP contribution in [0.1, 0.15) is 21.5 Å². The second kappa shape index (κ2) is 11.3. The molecule has 0 unspecified atom stereocenters. The van der Waals surface area contributed by atoms with E-state index in [1.807, 2.05) is 19.0 Å². The van der Waals surface area contributed by atoms with Crippen LogP contribution in [0.4, 0.5) is 13.6 Å². The lowest BCUT2D eigenvalue weighted by Gasteiger charge is -2.35. The molecule has 2 heterocycles. The predicted molar refractivity (Wildman–Crippen MR) is 135 cm³/mol. The summed E-state index contributed by atoms with van der Waals surface area (Å²) in [6.45, 7) is 4.50. The second-order valence-electron chi connectivity index (χ2n) is 9.03. The number of nitrogens with zero attached hydrogens (tertiary/aromatic N) is 4. The van der Waals surface area contributed by atoms with Gasteiger partial charge < -0.3 is 9.80 Å². The molecule has 2 aromatic rings. The van der Waals surface area contributed by atoms with E-state index in [-0.39, 0.29) is 16.4 Å². The maximum absolute atomic E-state index is 14.0. The Morgan fingerprint density at radius 3 is 2.25 bits per heavy atom. The number of likely N-dealkylation sites (N-methyl/N-ethyl adjacent to an activating group) is 1. The van der Waals surface area contributed by atoms with Crippen LogP contribution in [-0.4, -0.2) is 90.0 Å². The first-order chi connectivity index (χ1) is 17.2. The number of hydrogen-bond donors (Lipinski definition) is 0. The first-order valence-electron chi connectivity index (χ1n) is 11.7. The van der Waals surface area contributed by atoms with Gasteiger partial charge in [0.15, 0.2) is 0 Å². The third kappa shape index (κ3) is 6.00. The van der Waals surface area contributed by atoms with Gasteiger partial charge in [-0.1, -0.05) is 18.2 Å². The molecular formula is C26H28F2N4O3S. The molecule has 0 radical (unpaired) electrons. The van der Waals surface area contributed by atoms with Crippen molar-refractivity contribution < 1.29 is 23.2 Å². The molecule has 10 heteroatoms. The molecule has 2 aliphatic rings. The summed E-state index contributed by atoms with van der Waals surface area (Å²) in [6, 6.07) is 10.2. The van der Waals surface area contributed by atoms with Crippen molar-refractivity contribution in [3.63, 3.8) is 0 Å². The number of hydrogen-bond acceptors (Lipinski definition) is 6. The average Bonchev–Trinajstić information content (AvgIpc) is 3.12. The first-order valence-corrected chi connectivity index (χ1v) is 12.5. The van der Waals surface area contributed by atoms with Gasteiger partial charge in [-0.05, 0) is 61.8 Å². The Kier molecular flexibility index (Phi) is 8.17. The highest BCUT2D eigenvalue weighted by molar-refractivity contribution is 8.18. The van der Waals surface area contributed by atoms with Crippen LogP contribution in [0.3, 0.4) is 0 Å². The van der Waals surface area contributed by atoms with Gasteiger partial charge in [0.1, 0.15) is 11.6 Å². The summed E-state index contributed by atoms with van der Waals surface area (Å²) in [4.78, 5) is 45.3. The molecule has 2 saturated heterocycles. The molecule has 0 bridgehead atoms. The maximum Gasteiger partial charge on any atom is 0.293 e. The van der Waals surface area contributed by atoms with E-state index in [0.717, 1.165) is 55.0 Å². The lowest BCUT2D eigenvalue weighted by Crippen LogP contribution is -2.49. The van der Waals surface area contributed by atoms with E-state index >= 15 is 0 Å². The third-order valence-corrected chi connectivity index (χ3v) is 7.14. The fraction of sp³-hybridized carbons (Fsp3) is 0.346. The number of carbonyl (C=O) groups is 3. The molecule has 4 rings (SSSR count). The van der Waals surface area contributed by atoms with Crippen molar-refractivity contribution in [1.29, 1.82) is 0 Å². The molecule has 0 aliphatic carbocycles. The number of benzene rings is 2. The zero-order chi connectivity index (χ0) is 25.8. The average molecular weight is 515 g/mol. The fourth-order valence-electron chi connectivity index (χ4n) is 4.05. The number of halogens is 2. The summed E-state index contributed by atoms with van der Waals surface area (Å²) in [5.74, 6) is -2.28. The maximum atomic E-state index is 14.0. The first kappa shape index (κ1) is 26.0. The Labute approximate surface area is 213 Å². The largest absolute Gasteiger partial charge is 0.336 e. The zero-order valence-corrected chi connectivity index (χ0v) is 21.1. The molecule has 190 valence electrons. The highest BCUT2D eigenvalue weighted by atomic mass is 32.2. The number of carbonyl (C=O) groups excluding carboxylic acids is 3. The Bertz CT molecular complexity index is 1160. The van der Waals surface area contributed by atoms with Gasteiger partial charge in [0.25, 0.3) is 17.1 Å². The predicted octanol–water partition coefficient (Wildman–Crippen LogP) is 3.52. The summed E-state index contributed by atoms with van der Waals surface area (Å²) in [7, 11) is 4.09. The van der Waals surface area contributed by atoms with Crippen molar-refractivity contribution in [2.75, 3.05) is 53.4 Å². The van der Waals surface area contributed by atoms with Gasteiger partial charge >= 0.3 is 0 Å². The van der Waals surface area contributed by atoms with E-state index in [2.05, 4.69) is 9.80 Å². The molecule has 7 nitrogen and oxygen atoms in total. The molecule has 2 aliphatic heterocycles. The van der Waals surface area contributed by atoms with Gasteiger partial charge in [0.2, 0.25) is 0 Å². The SMILES string of the molecule is CN(C)CCN1CCN(C(=O)c2ccc(C=C3SC(=O)N(Cc4c(F)cccc4F)C3=O)cc2)CC1. The summed E-state index contributed by atoms with van der Waals surface area (Å²) >= 11 is 0.717. The van der Waals surface area contributed by atoms with E-state index < -0.39 is 29.3 Å². The molecule has 0 aromatic heterocycles. The van der Waals surface area contributed by atoms with Crippen LogP contribution >= 0.6 is 11.8 Å². The van der Waals surface area contributed by atoms with Crippen molar-refractivity contribution in [2.24, 2.45) is 0 Å². The van der Waals surface area contributed by atoms with E-state index in [4.69, 9.17) is 0 Å². The monoisotopic (exact) mass is 514 g/mol. The zero-order valence-electron chi connectivity index (χ0n) is 20.2. The van der Waals surface area contributed by atoms with Gasteiger partial charge in [-0.15, -0.1) is 0 Å². The van der Waals surface area contributed by atoms with E-state index in [1.54, 1.807) is 30.3 Å². The minimum atomic E-state index is -0.812. The Hall–Kier alpha value is -3.08. The highest BCUT2D eigenvalue weighted by Gasteiger charge is 2.36. The summed E-state index contributed by atoms with van der Waals surface area (Å²) in [5, 5.41) is -0.592. The minimum absolute atomic E-state index is 0.0407. The van der Waals surface area contributed by atoms with Gasteiger partial charge in [-0.25, -0.2) is 8.78 Å². The van der Waals surface area contributed by atoms with Crippen LogP contribution in [0.5, 0.6) is 0 Å². The van der Waals surface area contributed by atoms with Crippen molar-refractivity contribution >= 4 is 34.9 Å². The van der Waals surface area contributed by atoms with E-state index in [9.17, 15) is 23.2 Å². The molecule has 0 N–H and O–H groups in total. The number of imide groups is 1. The normalized spacial score (nSPS) is 18.1. The van der Waals surface area contributed by atoms with Crippen molar-refractivity contribution in [2.45, 2.75) is 6.54 Å². The van der Waals surface area contributed by atoms with Crippen molar-refractivity contribution in [1.82, 2.24) is 19.6 Å². The fourth-order valence-corrected chi connectivity index (χ4v) is 4.89. The third-order valence-electron chi connectivity index (χ3n) is 6.23. The molecule has 2 aromatic carbocycles. The summed E-state index contributed by atoms with van der Waals surface area (Å²) < 4.78 is 28.0. The van der Waals surface area contributed by atoms with Crippen LogP contribution in [0.15, 0.2) is 47.4 Å². The van der Waals surface area contributed by atoms with Crippen molar-refractivity contribution in [3.8, 4) is 0 Å². The summed E-state index contributed by atoms with van der Waals surface area (Å²) in [6.07, 6.45) is 1.54. The van der Waals surface area contributed by atoms with Gasteiger partial charge in [0.05, 0.1) is 11.4 Å². The lowest BCUT2D eigenvalue weighted by atomic mass is 10.1. The quantitative estimate of drug-likeness (QED) is 0.527. The summed E-state index contributed by atoms with van der Waals surface area (Å²) in [5.41, 5.74) is 0.863. The smallest absolute Gasteiger partial charge is 0.293 e. The standard InChI is InChI=1S/C26H28F2N4O3S/c1-29(2)10-11-30-12-14-31(15-13-30)24(33)19-8-6-18(7-9-19)16-23-25(34)32(26(35)36-23)17-20-21(27)4-3-5-22(20)28/h3-9,16H,10-15,17H2,1-2H3. The molecular weight excluding hydrogens is 486 g/mol. The highest BCUT2D eigenvalue weighted by Crippen LogP contribution is 2.34. The van der Waals surface area contributed by atoms with Gasteiger partial charge in [0, 0.05) is 50.4 Å². The van der Waals surface area contributed by atoms with Gasteiger partial charge in [-0.3, -0.25) is 24.2 Å². The molecule has 36 heavy (non-hydrogen) atoms. The van der Waals surface area contributed by atoms with Crippen LogP contribution < -0.4 is 0 Å². The van der Waals surface area contributed by atoms with Crippen LogP contribution in [-0.2, 0) is 11.3 Å². The van der Waals surface area contributed by atoms with E-state index in [1.165, 1.54) is 6.07 Å². The minimum Gasteiger partial charge on any atom is -0.336 e. The molecule has 2 fully saturated rings. The number of piperazine rings is 1. The Morgan fingerprint density at radius 1 is 1.00 bits per heavy atom. The molecule has 0 atom stereocenters. The van der Waals surface area contributed by atoms with Crippen LogP contribution in [0.2, 0.25) is 0 Å². The number of rotatable bonds is 7. The molecule has 3 amide bonds. The van der Waals surface area contributed by atoms with Gasteiger partial charge in [-0.2, -0.15) is 0 Å². The topological polar surface area (TPSA) is 64.2 Å². The Balaban J connectivity index is 1.37. The molecule has 0 saturated carbocycles. The molecule has 0 spiro atoms. The van der Waals surface area contributed by atoms with Crippen LogP contribution in [0, 0.1) is 11.6 Å². The van der Waals surface area contributed by atoms with Crippen molar-refractivity contribution in [3.05, 3.63) is 75.7 Å². The number of amides is 3. The second-order valence-corrected chi connectivity index (χ2v) is 10.0. The Morgan fingerprint density at radius 2 is 1.64 bits per heavy atom. The van der Waals surface area contributed by atoms with E-state index in [0.29, 0.717) is 24.2 Å². The lowest BCUT2D eigenvalue weighted by molar-refractivity contribution is -0.123.